The predicted octanol–water partition coefficient (Wildman–Crippen LogP) is 17.1. The largest absolute Gasteiger partial charge is 0.356 e. The summed E-state index contributed by atoms with van der Waals surface area (Å²) in [6.07, 6.45) is 63.4. The van der Waals surface area contributed by atoms with E-state index in [0.29, 0.717) is 6.17 Å². The summed E-state index contributed by atoms with van der Waals surface area (Å²) < 4.78 is 0. The lowest BCUT2D eigenvalue weighted by Gasteiger charge is -2.33. The summed E-state index contributed by atoms with van der Waals surface area (Å²) in [6, 6.07) is 0. The first-order valence-corrected chi connectivity index (χ1v) is 24.0. The van der Waals surface area contributed by atoms with Crippen LogP contribution in [-0.2, 0) is 0 Å². The molecule has 0 amide bonds. The van der Waals surface area contributed by atoms with Crippen LogP contribution in [0.25, 0.3) is 0 Å². The fourth-order valence-corrected chi connectivity index (χ4v) is 8.31. The highest BCUT2D eigenvalue weighted by atomic mass is 15.4. The Balaban J connectivity index is 2.21. The molecule has 2 nitrogen and oxygen atoms in total. The van der Waals surface area contributed by atoms with Crippen LogP contribution in [0.15, 0.2) is 12.4 Å². The van der Waals surface area contributed by atoms with Crippen LogP contribution in [0.2, 0.25) is 0 Å². The molecule has 0 aromatic carbocycles. The molecule has 0 radical (unpaired) electrons. The summed E-state index contributed by atoms with van der Waals surface area (Å²) >= 11 is 0. The molecule has 0 bridgehead atoms. The highest BCUT2D eigenvalue weighted by molar-refractivity contribution is 4.97. The van der Waals surface area contributed by atoms with Crippen LogP contribution in [-0.4, -0.2) is 29.1 Å². The van der Waals surface area contributed by atoms with Gasteiger partial charge in [0.15, 0.2) is 0 Å². The van der Waals surface area contributed by atoms with Crippen molar-refractivity contribution in [2.24, 2.45) is 0 Å². The second-order valence-electron chi connectivity index (χ2n) is 16.8. The first-order valence-electron chi connectivity index (χ1n) is 24.0. The Morgan fingerprint density at radius 2 is 0.460 bits per heavy atom. The van der Waals surface area contributed by atoms with Gasteiger partial charge in [0.25, 0.3) is 0 Å². The van der Waals surface area contributed by atoms with Gasteiger partial charge in [0, 0.05) is 25.5 Å². The molecule has 0 fully saturated rings. The Morgan fingerprint density at radius 3 is 0.700 bits per heavy atom. The van der Waals surface area contributed by atoms with Crippen molar-refractivity contribution in [1.82, 2.24) is 9.80 Å². The van der Waals surface area contributed by atoms with E-state index in [-0.39, 0.29) is 0 Å². The molecule has 0 aromatic rings. The molecule has 0 saturated heterocycles. The number of unbranched alkanes of at least 4 members (excludes halogenated alkanes) is 36. The van der Waals surface area contributed by atoms with Gasteiger partial charge in [-0.2, -0.15) is 0 Å². The van der Waals surface area contributed by atoms with E-state index in [1.54, 1.807) is 0 Å². The third kappa shape index (κ3) is 30.9. The maximum Gasteiger partial charge on any atom is 0.101 e. The fourth-order valence-electron chi connectivity index (χ4n) is 8.31. The lowest BCUT2D eigenvalue weighted by Crippen LogP contribution is -2.39. The van der Waals surface area contributed by atoms with Gasteiger partial charge >= 0.3 is 0 Å². The Morgan fingerprint density at radius 1 is 0.260 bits per heavy atom. The molecule has 50 heavy (non-hydrogen) atoms. The van der Waals surface area contributed by atoms with Crippen LogP contribution in [0, 0.1) is 0 Å². The minimum absolute atomic E-state index is 0.636. The lowest BCUT2D eigenvalue weighted by atomic mass is 10.0. The molecule has 1 rings (SSSR count). The maximum absolute atomic E-state index is 2.74. The van der Waals surface area contributed by atoms with E-state index < -0.39 is 0 Å². The summed E-state index contributed by atoms with van der Waals surface area (Å²) in [7, 11) is 0. The topological polar surface area (TPSA) is 6.48 Å². The van der Waals surface area contributed by atoms with Crippen molar-refractivity contribution in [1.29, 1.82) is 0 Å². The highest BCUT2D eigenvalue weighted by Crippen LogP contribution is 2.24. The summed E-state index contributed by atoms with van der Waals surface area (Å²) in [5.74, 6) is 0. The van der Waals surface area contributed by atoms with Crippen LogP contribution in [0.4, 0.5) is 0 Å². The average Bonchev–Trinajstić information content (AvgIpc) is 3.51. The fraction of sp³-hybridized carbons (Fsp3) is 0.958. The van der Waals surface area contributed by atoms with Gasteiger partial charge in [-0.3, -0.25) is 0 Å². The van der Waals surface area contributed by atoms with Gasteiger partial charge < -0.3 is 9.80 Å². The van der Waals surface area contributed by atoms with Crippen molar-refractivity contribution in [3.05, 3.63) is 12.4 Å². The second-order valence-corrected chi connectivity index (χ2v) is 16.8. The standard InChI is InChI=1S/C48H96N2/c1-4-7-10-13-16-19-22-25-26-28-31-34-37-40-43-48-49(44-41-38-35-32-29-24-21-18-15-12-9-6-3)46-47-50(48)45-42-39-36-33-30-27-23-20-17-14-11-8-5-2/h46-48H,4-45H2,1-3H3. The monoisotopic (exact) mass is 701 g/mol. The Hall–Kier alpha value is -0.660. The first-order chi connectivity index (χ1) is 24.8. The molecule has 0 saturated carbocycles. The molecule has 1 atom stereocenters. The molecule has 2 heteroatoms. The highest BCUT2D eigenvalue weighted by Gasteiger charge is 2.24. The van der Waals surface area contributed by atoms with Crippen molar-refractivity contribution in [2.45, 2.75) is 284 Å². The van der Waals surface area contributed by atoms with E-state index in [1.807, 2.05) is 0 Å². The number of rotatable bonds is 42. The van der Waals surface area contributed by atoms with Crippen LogP contribution in [0.1, 0.15) is 278 Å². The summed E-state index contributed by atoms with van der Waals surface area (Å²) in [6.45, 7) is 9.49. The third-order valence-electron chi connectivity index (χ3n) is 11.8. The van der Waals surface area contributed by atoms with E-state index >= 15 is 0 Å². The molecular weight excluding hydrogens is 605 g/mol. The van der Waals surface area contributed by atoms with E-state index in [0.717, 1.165) is 0 Å². The van der Waals surface area contributed by atoms with Crippen molar-refractivity contribution in [3.63, 3.8) is 0 Å². The molecule has 1 unspecified atom stereocenters. The lowest BCUT2D eigenvalue weighted by molar-refractivity contribution is 0.135. The van der Waals surface area contributed by atoms with E-state index in [1.165, 1.54) is 270 Å². The molecule has 0 N–H and O–H groups in total. The van der Waals surface area contributed by atoms with Gasteiger partial charge in [-0.05, 0) is 25.7 Å². The minimum Gasteiger partial charge on any atom is -0.356 e. The van der Waals surface area contributed by atoms with Gasteiger partial charge in [-0.15, -0.1) is 0 Å². The third-order valence-corrected chi connectivity index (χ3v) is 11.8. The minimum atomic E-state index is 0.636. The summed E-state index contributed by atoms with van der Waals surface area (Å²) in [4.78, 5) is 5.47. The number of hydrogen-bond acceptors (Lipinski definition) is 2. The second kappa shape index (κ2) is 39.5. The van der Waals surface area contributed by atoms with Crippen LogP contribution in [0.3, 0.4) is 0 Å². The smallest absolute Gasteiger partial charge is 0.101 e. The number of nitrogens with zero attached hydrogens (tertiary/aromatic N) is 2. The molecule has 298 valence electrons. The van der Waals surface area contributed by atoms with Gasteiger partial charge in [0.1, 0.15) is 6.17 Å². The van der Waals surface area contributed by atoms with Gasteiger partial charge in [0.05, 0.1) is 0 Å². The van der Waals surface area contributed by atoms with Crippen molar-refractivity contribution in [2.75, 3.05) is 13.1 Å². The molecule has 0 spiro atoms. The van der Waals surface area contributed by atoms with Crippen LogP contribution < -0.4 is 0 Å². The van der Waals surface area contributed by atoms with E-state index in [4.69, 9.17) is 0 Å². The number of hydrogen-bond donors (Lipinski definition) is 0. The molecular formula is C48H96N2. The van der Waals surface area contributed by atoms with E-state index in [2.05, 4.69) is 43.0 Å². The maximum atomic E-state index is 2.74. The van der Waals surface area contributed by atoms with E-state index in [9.17, 15) is 0 Å². The Labute approximate surface area is 318 Å². The Bertz CT molecular complexity index is 659. The van der Waals surface area contributed by atoms with Crippen molar-refractivity contribution in [3.8, 4) is 0 Å². The van der Waals surface area contributed by atoms with Crippen LogP contribution in [0.5, 0.6) is 0 Å². The van der Waals surface area contributed by atoms with Gasteiger partial charge in [-0.25, -0.2) is 0 Å². The SMILES string of the molecule is CCCCCCCCCCCCCCCCC1N(CCCCCCCCCCCCCC)C=CN1CCCCCCCCCCCCCCC. The average molecular weight is 701 g/mol. The van der Waals surface area contributed by atoms with Gasteiger partial charge in [-0.1, -0.05) is 252 Å². The summed E-state index contributed by atoms with van der Waals surface area (Å²) in [5, 5.41) is 0. The normalized spacial score (nSPS) is 14.5. The Kier molecular flexibility index (Phi) is 37.5. The molecule has 1 heterocycles. The zero-order valence-electron chi connectivity index (χ0n) is 35.3. The first kappa shape index (κ1) is 47.4. The molecule has 1 aliphatic heterocycles. The molecule has 0 aliphatic carbocycles. The quantitative estimate of drug-likeness (QED) is 0.0585. The molecule has 1 aliphatic rings. The predicted molar refractivity (Wildman–Crippen MR) is 228 cm³/mol. The van der Waals surface area contributed by atoms with Gasteiger partial charge in [0.2, 0.25) is 0 Å². The van der Waals surface area contributed by atoms with Crippen LogP contribution >= 0.6 is 0 Å². The van der Waals surface area contributed by atoms with Crippen molar-refractivity contribution >= 4 is 0 Å². The van der Waals surface area contributed by atoms with Crippen molar-refractivity contribution < 1.29 is 0 Å². The molecule has 0 aromatic heterocycles. The summed E-state index contributed by atoms with van der Waals surface area (Å²) in [5.41, 5.74) is 0. The zero-order valence-corrected chi connectivity index (χ0v) is 35.3. The zero-order chi connectivity index (χ0) is 35.8.